The number of hydrogen-bond acceptors (Lipinski definition) is 0. The number of rotatable bonds is 1. The highest BCUT2D eigenvalue weighted by Gasteiger charge is 2.19. The molecule has 0 spiro atoms. The molecule has 0 saturated heterocycles. The Labute approximate surface area is 85.1 Å². The first kappa shape index (κ1) is 9.70. The van der Waals surface area contributed by atoms with Gasteiger partial charge in [-0.3, -0.25) is 0 Å². The van der Waals surface area contributed by atoms with Crippen molar-refractivity contribution in [2.45, 2.75) is 38.5 Å². The van der Waals surface area contributed by atoms with Gasteiger partial charge in [-0.05, 0) is 36.3 Å². The second kappa shape index (κ2) is 4.12. The zero-order valence-corrected chi connectivity index (χ0v) is 8.59. The summed E-state index contributed by atoms with van der Waals surface area (Å²) in [7, 11) is 0. The summed E-state index contributed by atoms with van der Waals surface area (Å²) >= 11 is 0. The third kappa shape index (κ3) is 2.14. The van der Waals surface area contributed by atoms with Crippen LogP contribution in [0.25, 0.3) is 0 Å². The molecule has 1 aromatic rings. The molecule has 0 atom stereocenters. The third-order valence-electron chi connectivity index (χ3n) is 3.24. The molecule has 14 heavy (non-hydrogen) atoms. The largest absolute Gasteiger partial charge is 0.206 e. The molecular formula is C13H16F. The molecule has 1 fully saturated rings. The summed E-state index contributed by atoms with van der Waals surface area (Å²) in [6, 6.07) is 8.09. The number of halogens is 1. The molecule has 0 amide bonds. The van der Waals surface area contributed by atoms with E-state index in [0.717, 1.165) is 11.5 Å². The smallest absolute Gasteiger partial charge is 0.131 e. The molecule has 0 nitrogen and oxygen atoms in total. The van der Waals surface area contributed by atoms with Gasteiger partial charge in [0, 0.05) is 6.07 Å². The van der Waals surface area contributed by atoms with Crippen molar-refractivity contribution >= 4 is 0 Å². The maximum Gasteiger partial charge on any atom is 0.131 e. The van der Waals surface area contributed by atoms with Gasteiger partial charge < -0.3 is 0 Å². The Balaban J connectivity index is 2.08. The van der Waals surface area contributed by atoms with Crippen LogP contribution in [-0.4, -0.2) is 0 Å². The SMILES string of the molecule is CC1CCC(c2[c]c(F)ccc2)CC1. The highest BCUT2D eigenvalue weighted by atomic mass is 19.1. The van der Waals surface area contributed by atoms with E-state index in [1.54, 1.807) is 6.07 Å². The Morgan fingerprint density at radius 2 is 1.93 bits per heavy atom. The van der Waals surface area contributed by atoms with Crippen molar-refractivity contribution in [1.29, 1.82) is 0 Å². The topological polar surface area (TPSA) is 0 Å². The van der Waals surface area contributed by atoms with Crippen molar-refractivity contribution in [2.75, 3.05) is 0 Å². The molecule has 0 bridgehead atoms. The van der Waals surface area contributed by atoms with E-state index in [9.17, 15) is 4.39 Å². The Morgan fingerprint density at radius 1 is 1.21 bits per heavy atom. The fourth-order valence-electron chi connectivity index (χ4n) is 2.27. The van der Waals surface area contributed by atoms with E-state index in [1.807, 2.05) is 6.07 Å². The van der Waals surface area contributed by atoms with Crippen molar-refractivity contribution in [3.05, 3.63) is 35.6 Å². The molecule has 75 valence electrons. The number of benzene rings is 1. The molecule has 0 aliphatic heterocycles. The second-order valence-electron chi connectivity index (χ2n) is 4.41. The summed E-state index contributed by atoms with van der Waals surface area (Å²) in [5.41, 5.74) is 1.07. The van der Waals surface area contributed by atoms with Crippen LogP contribution in [0.4, 0.5) is 4.39 Å². The lowest BCUT2D eigenvalue weighted by atomic mass is 9.79. The van der Waals surface area contributed by atoms with Crippen LogP contribution in [0.15, 0.2) is 18.2 Å². The van der Waals surface area contributed by atoms with Crippen molar-refractivity contribution < 1.29 is 4.39 Å². The third-order valence-corrected chi connectivity index (χ3v) is 3.24. The molecular weight excluding hydrogens is 175 g/mol. The van der Waals surface area contributed by atoms with E-state index >= 15 is 0 Å². The maximum absolute atomic E-state index is 12.9. The van der Waals surface area contributed by atoms with Gasteiger partial charge >= 0.3 is 0 Å². The van der Waals surface area contributed by atoms with E-state index < -0.39 is 0 Å². The van der Waals surface area contributed by atoms with Gasteiger partial charge in [0.15, 0.2) is 0 Å². The molecule has 1 saturated carbocycles. The van der Waals surface area contributed by atoms with Crippen molar-refractivity contribution in [3.8, 4) is 0 Å². The fraction of sp³-hybridized carbons (Fsp3) is 0.538. The number of hydrogen-bond donors (Lipinski definition) is 0. The van der Waals surface area contributed by atoms with E-state index in [1.165, 1.54) is 31.7 Å². The van der Waals surface area contributed by atoms with Gasteiger partial charge in [0.1, 0.15) is 5.82 Å². The van der Waals surface area contributed by atoms with Crippen LogP contribution in [0.2, 0.25) is 0 Å². The zero-order chi connectivity index (χ0) is 9.97. The fourth-order valence-corrected chi connectivity index (χ4v) is 2.27. The first-order chi connectivity index (χ1) is 6.75. The zero-order valence-electron chi connectivity index (χ0n) is 8.59. The van der Waals surface area contributed by atoms with Crippen molar-refractivity contribution in [3.63, 3.8) is 0 Å². The van der Waals surface area contributed by atoms with Crippen LogP contribution >= 0.6 is 0 Å². The van der Waals surface area contributed by atoms with Crippen LogP contribution in [0.3, 0.4) is 0 Å². The summed E-state index contributed by atoms with van der Waals surface area (Å²) < 4.78 is 12.9. The Morgan fingerprint density at radius 3 is 2.57 bits per heavy atom. The molecule has 0 N–H and O–H groups in total. The first-order valence-corrected chi connectivity index (χ1v) is 5.43. The Kier molecular flexibility index (Phi) is 2.85. The van der Waals surface area contributed by atoms with E-state index in [2.05, 4.69) is 13.0 Å². The van der Waals surface area contributed by atoms with E-state index in [4.69, 9.17) is 0 Å². The molecule has 1 heteroatoms. The van der Waals surface area contributed by atoms with Crippen molar-refractivity contribution in [2.24, 2.45) is 5.92 Å². The van der Waals surface area contributed by atoms with Crippen LogP contribution in [-0.2, 0) is 0 Å². The minimum atomic E-state index is -0.221. The first-order valence-electron chi connectivity index (χ1n) is 5.43. The minimum absolute atomic E-state index is 0.221. The van der Waals surface area contributed by atoms with Gasteiger partial charge in [0.05, 0.1) is 0 Å². The van der Waals surface area contributed by atoms with E-state index in [-0.39, 0.29) is 5.82 Å². The predicted octanol–water partition coefficient (Wildman–Crippen LogP) is 3.92. The minimum Gasteiger partial charge on any atom is -0.206 e. The standard InChI is InChI=1S/C13H16F/c1-10-5-7-11(8-6-10)12-3-2-4-13(14)9-12/h2-4,10-11H,5-8H2,1H3. The normalized spacial score (nSPS) is 27.6. The van der Waals surface area contributed by atoms with E-state index in [0.29, 0.717) is 5.92 Å². The van der Waals surface area contributed by atoms with Gasteiger partial charge in [0.2, 0.25) is 0 Å². The summed E-state index contributed by atoms with van der Waals surface area (Å²) in [4.78, 5) is 0. The van der Waals surface area contributed by atoms with Gasteiger partial charge in [0.25, 0.3) is 0 Å². The molecule has 1 aliphatic carbocycles. The van der Waals surface area contributed by atoms with Gasteiger partial charge in [-0.1, -0.05) is 31.9 Å². The van der Waals surface area contributed by atoms with Gasteiger partial charge in [-0.25, -0.2) is 4.39 Å². The molecule has 0 unspecified atom stereocenters. The summed E-state index contributed by atoms with van der Waals surface area (Å²) in [5.74, 6) is 1.17. The van der Waals surface area contributed by atoms with Crippen LogP contribution in [0, 0.1) is 17.8 Å². The monoisotopic (exact) mass is 191 g/mol. The highest BCUT2D eigenvalue weighted by molar-refractivity contribution is 5.19. The average Bonchev–Trinajstić information content (AvgIpc) is 2.19. The quantitative estimate of drug-likeness (QED) is 0.631. The van der Waals surface area contributed by atoms with Crippen LogP contribution in [0.5, 0.6) is 0 Å². The molecule has 1 aromatic carbocycles. The average molecular weight is 191 g/mol. The van der Waals surface area contributed by atoms with Gasteiger partial charge in [-0.2, -0.15) is 0 Å². The summed E-state index contributed by atoms with van der Waals surface area (Å²) in [6.07, 6.45) is 4.94. The molecule has 2 rings (SSSR count). The summed E-state index contributed by atoms with van der Waals surface area (Å²) in [6.45, 7) is 2.30. The maximum atomic E-state index is 12.9. The predicted molar refractivity (Wildman–Crippen MR) is 55.6 cm³/mol. The molecule has 1 aliphatic rings. The lowest BCUT2D eigenvalue weighted by Crippen LogP contribution is -2.10. The Bertz CT molecular complexity index is 298. The molecule has 0 aromatic heterocycles. The van der Waals surface area contributed by atoms with Crippen molar-refractivity contribution in [1.82, 2.24) is 0 Å². The van der Waals surface area contributed by atoms with Gasteiger partial charge in [-0.15, -0.1) is 0 Å². The van der Waals surface area contributed by atoms with Crippen LogP contribution in [0.1, 0.15) is 44.1 Å². The summed E-state index contributed by atoms with van der Waals surface area (Å²) in [5, 5.41) is 0. The second-order valence-corrected chi connectivity index (χ2v) is 4.41. The lowest BCUT2D eigenvalue weighted by molar-refractivity contribution is 0.347. The molecule has 0 heterocycles. The molecule has 1 radical (unpaired) electrons. The lowest BCUT2D eigenvalue weighted by Gasteiger charge is -2.26. The van der Waals surface area contributed by atoms with Crippen LogP contribution < -0.4 is 0 Å². The highest BCUT2D eigenvalue weighted by Crippen LogP contribution is 2.35. The Hall–Kier alpha value is -0.850.